The van der Waals surface area contributed by atoms with Gasteiger partial charge in [0.2, 0.25) is 0 Å². The summed E-state index contributed by atoms with van der Waals surface area (Å²) in [6.45, 7) is 0. The van der Waals surface area contributed by atoms with E-state index in [1.54, 1.807) is 0 Å². The molecule has 3 nitrogen and oxygen atoms in total. The van der Waals surface area contributed by atoms with Crippen molar-refractivity contribution in [3.63, 3.8) is 0 Å². The van der Waals surface area contributed by atoms with E-state index < -0.39 is 8.60 Å². The van der Waals surface area contributed by atoms with E-state index in [4.69, 9.17) is 14.3 Å². The summed E-state index contributed by atoms with van der Waals surface area (Å²) >= 11 is 0. The third-order valence-corrected chi connectivity index (χ3v) is 4.37. The molecular weight excluding hydrogens is 199 g/mol. The van der Waals surface area contributed by atoms with Crippen LogP contribution in [0.15, 0.2) is 0 Å². The fourth-order valence-electron chi connectivity index (χ4n) is 2.97. The molecule has 0 amide bonds. The first-order chi connectivity index (χ1) is 6.73. The predicted molar refractivity (Wildman–Crippen MR) is 53.3 cm³/mol. The average molecular weight is 216 g/mol. The van der Waals surface area contributed by atoms with Crippen LogP contribution in [0.2, 0.25) is 0 Å². The molecule has 0 bridgehead atoms. The highest BCUT2D eigenvalue weighted by Crippen LogP contribution is 2.65. The fourth-order valence-corrected chi connectivity index (χ4v) is 3.70. The molecular formula is C10H17O3P. The van der Waals surface area contributed by atoms with Gasteiger partial charge in [-0.15, -0.1) is 0 Å². The van der Waals surface area contributed by atoms with Gasteiger partial charge in [0.25, 0.3) is 0 Å². The normalized spacial score (nSPS) is 28.5. The summed E-state index contributed by atoms with van der Waals surface area (Å²) < 4.78 is 5.59. The van der Waals surface area contributed by atoms with E-state index in [9.17, 15) is 0 Å². The van der Waals surface area contributed by atoms with Gasteiger partial charge in [-0.05, 0) is 56.3 Å². The van der Waals surface area contributed by atoms with Crippen LogP contribution in [0.1, 0.15) is 38.5 Å². The summed E-state index contributed by atoms with van der Waals surface area (Å²) in [4.78, 5) is 18.2. The molecule has 0 atom stereocenters. The van der Waals surface area contributed by atoms with Crippen LogP contribution in [0.3, 0.4) is 0 Å². The smallest absolute Gasteiger partial charge is 0.327 e. The van der Waals surface area contributed by atoms with Crippen molar-refractivity contribution in [1.29, 1.82) is 0 Å². The van der Waals surface area contributed by atoms with Gasteiger partial charge in [-0.25, -0.2) is 0 Å². The van der Waals surface area contributed by atoms with Gasteiger partial charge in [0.15, 0.2) is 0 Å². The van der Waals surface area contributed by atoms with Gasteiger partial charge >= 0.3 is 8.60 Å². The zero-order valence-electron chi connectivity index (χ0n) is 8.22. The first kappa shape index (κ1) is 9.53. The molecule has 0 heterocycles. The minimum absolute atomic E-state index is 0.116. The highest BCUT2D eigenvalue weighted by molar-refractivity contribution is 7.39. The number of rotatable bonds is 5. The Hall–Kier alpha value is 0.310. The largest absolute Gasteiger partial charge is 0.328 e. The van der Waals surface area contributed by atoms with Crippen molar-refractivity contribution in [2.45, 2.75) is 44.1 Å². The average Bonchev–Trinajstić information content (AvgIpc) is 3.04. The lowest BCUT2D eigenvalue weighted by atomic mass is 9.86. The molecule has 3 saturated carbocycles. The Bertz CT molecular complexity index is 200. The molecule has 0 aliphatic heterocycles. The summed E-state index contributed by atoms with van der Waals surface area (Å²) in [5, 5.41) is 0. The third-order valence-electron chi connectivity index (χ3n) is 3.89. The minimum Gasteiger partial charge on any atom is -0.328 e. The zero-order chi connectivity index (χ0) is 9.76. The van der Waals surface area contributed by atoms with Gasteiger partial charge in [-0.2, -0.15) is 0 Å². The Morgan fingerprint density at radius 3 is 1.43 bits per heavy atom. The Kier molecular flexibility index (Phi) is 2.14. The SMILES string of the molecule is OP(O)OC(C1CC1)(C1CC1)C1CC1. The van der Waals surface area contributed by atoms with Crippen molar-refractivity contribution in [3.05, 3.63) is 0 Å². The van der Waals surface area contributed by atoms with Crippen molar-refractivity contribution in [1.82, 2.24) is 0 Å². The molecule has 4 heteroatoms. The van der Waals surface area contributed by atoms with E-state index >= 15 is 0 Å². The van der Waals surface area contributed by atoms with Crippen molar-refractivity contribution in [2.24, 2.45) is 17.8 Å². The maximum absolute atomic E-state index is 9.12. The lowest BCUT2D eigenvalue weighted by Crippen LogP contribution is -2.38. The molecule has 3 rings (SSSR count). The van der Waals surface area contributed by atoms with Crippen LogP contribution in [0, 0.1) is 17.8 Å². The molecule has 3 fully saturated rings. The molecule has 0 spiro atoms. The monoisotopic (exact) mass is 216 g/mol. The second kappa shape index (κ2) is 3.15. The van der Waals surface area contributed by atoms with E-state index in [0.29, 0.717) is 17.8 Å². The minimum atomic E-state index is -2.17. The molecule has 2 N–H and O–H groups in total. The Labute approximate surface area is 85.5 Å². The van der Waals surface area contributed by atoms with E-state index in [2.05, 4.69) is 0 Å². The van der Waals surface area contributed by atoms with E-state index in [1.165, 1.54) is 38.5 Å². The molecule has 0 saturated heterocycles. The van der Waals surface area contributed by atoms with Crippen LogP contribution in [0.25, 0.3) is 0 Å². The third kappa shape index (κ3) is 1.51. The van der Waals surface area contributed by atoms with E-state index in [-0.39, 0.29) is 5.60 Å². The van der Waals surface area contributed by atoms with Crippen LogP contribution in [0.5, 0.6) is 0 Å². The maximum atomic E-state index is 9.12. The van der Waals surface area contributed by atoms with Crippen molar-refractivity contribution < 1.29 is 14.3 Å². The van der Waals surface area contributed by atoms with Crippen LogP contribution in [0.4, 0.5) is 0 Å². The molecule has 0 aromatic carbocycles. The molecule has 0 unspecified atom stereocenters. The predicted octanol–water partition coefficient (Wildman–Crippen LogP) is 2.18. The topological polar surface area (TPSA) is 49.7 Å². The molecule has 3 aliphatic rings. The summed E-state index contributed by atoms with van der Waals surface area (Å²) in [7, 11) is -2.17. The fraction of sp³-hybridized carbons (Fsp3) is 1.00. The summed E-state index contributed by atoms with van der Waals surface area (Å²) in [6.07, 6.45) is 7.39. The van der Waals surface area contributed by atoms with Gasteiger partial charge in [-0.1, -0.05) is 0 Å². The van der Waals surface area contributed by atoms with Gasteiger partial charge in [0.1, 0.15) is 0 Å². The molecule has 3 aliphatic carbocycles. The Morgan fingerprint density at radius 2 is 1.21 bits per heavy atom. The van der Waals surface area contributed by atoms with Gasteiger partial charge < -0.3 is 14.3 Å². The van der Waals surface area contributed by atoms with Crippen molar-refractivity contribution >= 4 is 8.60 Å². The number of hydrogen-bond donors (Lipinski definition) is 2. The second-order valence-electron chi connectivity index (χ2n) is 5.02. The van der Waals surface area contributed by atoms with E-state index in [0.717, 1.165) is 0 Å². The first-order valence-electron chi connectivity index (χ1n) is 5.60. The van der Waals surface area contributed by atoms with Gasteiger partial charge in [-0.3, -0.25) is 0 Å². The van der Waals surface area contributed by atoms with Crippen molar-refractivity contribution in [3.8, 4) is 0 Å². The standard InChI is InChI=1S/C10H17O3P/c11-14(12)13-10(7-1-2-7,8-3-4-8)9-5-6-9/h7-9,11-12H,1-6H2. The molecule has 80 valence electrons. The van der Waals surface area contributed by atoms with Crippen LogP contribution in [-0.4, -0.2) is 15.4 Å². The molecule has 0 radical (unpaired) electrons. The lowest BCUT2D eigenvalue weighted by molar-refractivity contribution is -0.00967. The van der Waals surface area contributed by atoms with Gasteiger partial charge in [0, 0.05) is 0 Å². The maximum Gasteiger partial charge on any atom is 0.327 e. The van der Waals surface area contributed by atoms with Gasteiger partial charge in [0.05, 0.1) is 5.60 Å². The number of hydrogen-bond acceptors (Lipinski definition) is 3. The zero-order valence-corrected chi connectivity index (χ0v) is 9.12. The lowest BCUT2D eigenvalue weighted by Gasteiger charge is -2.34. The highest BCUT2D eigenvalue weighted by Gasteiger charge is 2.63. The second-order valence-corrected chi connectivity index (χ2v) is 5.71. The van der Waals surface area contributed by atoms with Crippen molar-refractivity contribution in [2.75, 3.05) is 0 Å². The Morgan fingerprint density at radius 1 is 0.857 bits per heavy atom. The molecule has 0 aromatic rings. The first-order valence-corrected chi connectivity index (χ1v) is 6.77. The van der Waals surface area contributed by atoms with Crippen LogP contribution >= 0.6 is 8.60 Å². The quantitative estimate of drug-likeness (QED) is 0.692. The Balaban J connectivity index is 1.81. The van der Waals surface area contributed by atoms with Crippen LogP contribution < -0.4 is 0 Å². The molecule has 0 aromatic heterocycles. The summed E-state index contributed by atoms with van der Waals surface area (Å²) in [5.74, 6) is 1.89. The highest BCUT2D eigenvalue weighted by atomic mass is 31.2. The van der Waals surface area contributed by atoms with E-state index in [1.807, 2.05) is 0 Å². The summed E-state index contributed by atoms with van der Waals surface area (Å²) in [5.41, 5.74) is -0.116. The summed E-state index contributed by atoms with van der Waals surface area (Å²) in [6, 6.07) is 0. The van der Waals surface area contributed by atoms with Crippen LogP contribution in [-0.2, 0) is 4.52 Å². The molecule has 14 heavy (non-hydrogen) atoms.